The fourth-order valence-electron chi connectivity index (χ4n) is 2.46. The SMILES string of the molecule is NCCCOC1CCN(Cc2ccc(F)c(Cl)c2)CC1. The minimum atomic E-state index is -0.359. The van der Waals surface area contributed by atoms with Gasteiger partial charge < -0.3 is 10.5 Å². The zero-order valence-electron chi connectivity index (χ0n) is 11.7. The van der Waals surface area contributed by atoms with Crippen molar-refractivity contribution in [1.82, 2.24) is 4.90 Å². The van der Waals surface area contributed by atoms with Gasteiger partial charge in [0.2, 0.25) is 0 Å². The summed E-state index contributed by atoms with van der Waals surface area (Å²) in [6.07, 6.45) is 3.36. The van der Waals surface area contributed by atoms with E-state index in [0.717, 1.165) is 51.1 Å². The van der Waals surface area contributed by atoms with Crippen LogP contribution in [-0.2, 0) is 11.3 Å². The number of halogens is 2. The second-order valence-electron chi connectivity index (χ2n) is 5.24. The summed E-state index contributed by atoms with van der Waals surface area (Å²) < 4.78 is 18.9. The third-order valence-electron chi connectivity index (χ3n) is 3.63. The van der Waals surface area contributed by atoms with Crippen LogP contribution in [0.4, 0.5) is 4.39 Å². The quantitative estimate of drug-likeness (QED) is 0.821. The maximum atomic E-state index is 13.1. The van der Waals surface area contributed by atoms with Crippen LogP contribution < -0.4 is 5.73 Å². The van der Waals surface area contributed by atoms with E-state index < -0.39 is 0 Å². The van der Waals surface area contributed by atoms with Crippen LogP contribution in [0.5, 0.6) is 0 Å². The first-order valence-electron chi connectivity index (χ1n) is 7.17. The molecular weight excluding hydrogens is 279 g/mol. The molecule has 0 amide bonds. The van der Waals surface area contributed by atoms with Gasteiger partial charge in [-0.2, -0.15) is 0 Å². The predicted molar refractivity (Wildman–Crippen MR) is 79.3 cm³/mol. The van der Waals surface area contributed by atoms with Crippen LogP contribution >= 0.6 is 11.6 Å². The van der Waals surface area contributed by atoms with Gasteiger partial charge in [0.05, 0.1) is 11.1 Å². The van der Waals surface area contributed by atoms with Gasteiger partial charge in [-0.15, -0.1) is 0 Å². The first kappa shape index (κ1) is 15.7. The van der Waals surface area contributed by atoms with Gasteiger partial charge in [0.25, 0.3) is 0 Å². The maximum Gasteiger partial charge on any atom is 0.141 e. The summed E-state index contributed by atoms with van der Waals surface area (Å²) in [5, 5.41) is 0.197. The maximum absolute atomic E-state index is 13.1. The first-order valence-corrected chi connectivity index (χ1v) is 7.55. The Morgan fingerprint density at radius 1 is 1.35 bits per heavy atom. The molecule has 0 saturated carbocycles. The second kappa shape index (κ2) is 7.93. The van der Waals surface area contributed by atoms with Crippen molar-refractivity contribution in [3.63, 3.8) is 0 Å². The number of ether oxygens (including phenoxy) is 1. The molecule has 2 rings (SSSR count). The highest BCUT2D eigenvalue weighted by Crippen LogP contribution is 2.20. The molecular formula is C15H22ClFN2O. The molecule has 0 bridgehead atoms. The predicted octanol–water partition coefficient (Wildman–Crippen LogP) is 2.81. The highest BCUT2D eigenvalue weighted by molar-refractivity contribution is 6.30. The van der Waals surface area contributed by atoms with Gasteiger partial charge in [-0.25, -0.2) is 4.39 Å². The van der Waals surface area contributed by atoms with E-state index in [4.69, 9.17) is 22.1 Å². The molecule has 5 heteroatoms. The molecule has 1 fully saturated rings. The lowest BCUT2D eigenvalue weighted by Crippen LogP contribution is -2.36. The molecule has 112 valence electrons. The molecule has 1 saturated heterocycles. The van der Waals surface area contributed by atoms with Crippen molar-refractivity contribution in [3.8, 4) is 0 Å². The monoisotopic (exact) mass is 300 g/mol. The number of nitrogens with two attached hydrogens (primary N) is 1. The number of piperidine rings is 1. The molecule has 0 aromatic heterocycles. The Hall–Kier alpha value is -0.680. The Balaban J connectivity index is 1.75. The van der Waals surface area contributed by atoms with Crippen LogP contribution in [0.2, 0.25) is 5.02 Å². The fourth-order valence-corrected chi connectivity index (χ4v) is 2.67. The van der Waals surface area contributed by atoms with E-state index >= 15 is 0 Å². The fraction of sp³-hybridized carbons (Fsp3) is 0.600. The summed E-state index contributed by atoms with van der Waals surface area (Å²) in [6.45, 7) is 4.26. The van der Waals surface area contributed by atoms with Crippen LogP contribution in [0.3, 0.4) is 0 Å². The van der Waals surface area contributed by atoms with Crippen LogP contribution in [0.25, 0.3) is 0 Å². The van der Waals surface area contributed by atoms with Crippen molar-refractivity contribution in [2.45, 2.75) is 31.9 Å². The van der Waals surface area contributed by atoms with Crippen LogP contribution in [0, 0.1) is 5.82 Å². The molecule has 0 spiro atoms. The second-order valence-corrected chi connectivity index (χ2v) is 5.64. The van der Waals surface area contributed by atoms with E-state index in [9.17, 15) is 4.39 Å². The Bertz CT molecular complexity index is 422. The van der Waals surface area contributed by atoms with Crippen molar-refractivity contribution in [3.05, 3.63) is 34.6 Å². The molecule has 2 N–H and O–H groups in total. The third kappa shape index (κ3) is 4.70. The largest absolute Gasteiger partial charge is 0.378 e. The van der Waals surface area contributed by atoms with Gasteiger partial charge in [0.1, 0.15) is 5.82 Å². The molecule has 0 atom stereocenters. The summed E-state index contributed by atoms with van der Waals surface area (Å²) in [6, 6.07) is 4.94. The summed E-state index contributed by atoms with van der Waals surface area (Å²) in [4.78, 5) is 2.35. The van der Waals surface area contributed by atoms with Crippen LogP contribution in [0.1, 0.15) is 24.8 Å². The number of likely N-dealkylation sites (tertiary alicyclic amines) is 1. The summed E-state index contributed by atoms with van der Waals surface area (Å²) in [5.74, 6) is -0.359. The summed E-state index contributed by atoms with van der Waals surface area (Å²) in [5.41, 5.74) is 6.50. The van der Waals surface area contributed by atoms with E-state index in [1.807, 2.05) is 0 Å². The number of hydrogen-bond donors (Lipinski definition) is 1. The van der Waals surface area contributed by atoms with Crippen molar-refractivity contribution < 1.29 is 9.13 Å². The van der Waals surface area contributed by atoms with E-state index in [1.54, 1.807) is 12.1 Å². The summed E-state index contributed by atoms with van der Waals surface area (Å²) >= 11 is 5.80. The smallest absolute Gasteiger partial charge is 0.141 e. The van der Waals surface area contributed by atoms with Crippen LogP contribution in [0.15, 0.2) is 18.2 Å². The molecule has 0 unspecified atom stereocenters. The van der Waals surface area contributed by atoms with Gasteiger partial charge in [-0.1, -0.05) is 17.7 Å². The Morgan fingerprint density at radius 2 is 2.10 bits per heavy atom. The molecule has 1 aliphatic rings. The average molecular weight is 301 g/mol. The lowest BCUT2D eigenvalue weighted by atomic mass is 10.1. The standard InChI is InChI=1S/C15H22ClFN2O/c16-14-10-12(2-3-15(14)17)11-19-7-4-13(5-8-19)20-9-1-6-18/h2-3,10,13H,1,4-9,11,18H2. The Kier molecular flexibility index (Phi) is 6.23. The van der Waals surface area contributed by atoms with E-state index in [2.05, 4.69) is 4.90 Å². The van der Waals surface area contributed by atoms with E-state index in [1.165, 1.54) is 6.07 Å². The minimum Gasteiger partial charge on any atom is -0.378 e. The molecule has 0 radical (unpaired) electrons. The number of benzene rings is 1. The lowest BCUT2D eigenvalue weighted by molar-refractivity contribution is 0.00563. The topological polar surface area (TPSA) is 38.5 Å². The zero-order chi connectivity index (χ0) is 14.4. The number of hydrogen-bond acceptors (Lipinski definition) is 3. The molecule has 1 aromatic rings. The normalized spacial score (nSPS) is 17.6. The minimum absolute atomic E-state index is 0.197. The average Bonchev–Trinajstić information content (AvgIpc) is 2.45. The molecule has 3 nitrogen and oxygen atoms in total. The molecule has 1 aliphatic heterocycles. The molecule has 1 heterocycles. The van der Waals surface area contributed by atoms with Gasteiger partial charge >= 0.3 is 0 Å². The van der Waals surface area contributed by atoms with Crippen molar-refractivity contribution in [2.75, 3.05) is 26.2 Å². The van der Waals surface area contributed by atoms with Gasteiger partial charge in [0.15, 0.2) is 0 Å². The van der Waals surface area contributed by atoms with E-state index in [0.29, 0.717) is 12.6 Å². The summed E-state index contributed by atoms with van der Waals surface area (Å²) in [7, 11) is 0. The Labute approximate surface area is 124 Å². The number of rotatable bonds is 6. The van der Waals surface area contributed by atoms with Gasteiger partial charge in [0, 0.05) is 26.2 Å². The lowest BCUT2D eigenvalue weighted by Gasteiger charge is -2.32. The van der Waals surface area contributed by atoms with Gasteiger partial charge in [-0.3, -0.25) is 4.90 Å². The first-order chi connectivity index (χ1) is 9.69. The number of nitrogens with zero attached hydrogens (tertiary/aromatic N) is 1. The molecule has 1 aromatic carbocycles. The zero-order valence-corrected chi connectivity index (χ0v) is 12.4. The molecule has 20 heavy (non-hydrogen) atoms. The van der Waals surface area contributed by atoms with Crippen molar-refractivity contribution in [1.29, 1.82) is 0 Å². The van der Waals surface area contributed by atoms with Crippen molar-refractivity contribution >= 4 is 11.6 Å². The van der Waals surface area contributed by atoms with Gasteiger partial charge in [-0.05, 0) is 43.5 Å². The van der Waals surface area contributed by atoms with Crippen molar-refractivity contribution in [2.24, 2.45) is 5.73 Å². The third-order valence-corrected chi connectivity index (χ3v) is 3.92. The van der Waals surface area contributed by atoms with Crippen LogP contribution in [-0.4, -0.2) is 37.2 Å². The van der Waals surface area contributed by atoms with E-state index in [-0.39, 0.29) is 10.8 Å². The highest BCUT2D eigenvalue weighted by Gasteiger charge is 2.19. The highest BCUT2D eigenvalue weighted by atomic mass is 35.5. The Morgan fingerprint density at radius 3 is 2.75 bits per heavy atom. The molecule has 0 aliphatic carbocycles.